The van der Waals surface area contributed by atoms with Gasteiger partial charge in [-0.05, 0) is 19.1 Å². The average Bonchev–Trinajstić information content (AvgIpc) is 3.01. The molecule has 1 aromatic carbocycles. The van der Waals surface area contributed by atoms with Crippen LogP contribution < -0.4 is 16.2 Å². The molecule has 10 heteroatoms. The number of carbonyl (C=O) groups is 3. The quantitative estimate of drug-likeness (QED) is 0.509. The van der Waals surface area contributed by atoms with Gasteiger partial charge in [-0.25, -0.2) is 0 Å². The third-order valence-electron chi connectivity index (χ3n) is 3.67. The summed E-state index contributed by atoms with van der Waals surface area (Å²) >= 11 is 0. The number of aryl methyl sites for hydroxylation is 2. The van der Waals surface area contributed by atoms with E-state index in [0.717, 1.165) is 11.6 Å². The Labute approximate surface area is 154 Å². The molecule has 1 heterocycles. The molecule has 10 nitrogen and oxygen atoms in total. The summed E-state index contributed by atoms with van der Waals surface area (Å²) in [4.78, 5) is 45.8. The lowest BCUT2D eigenvalue weighted by atomic mass is 10.1. The lowest BCUT2D eigenvalue weighted by molar-refractivity contribution is -0.384. The van der Waals surface area contributed by atoms with Crippen LogP contribution >= 0.6 is 0 Å². The summed E-state index contributed by atoms with van der Waals surface area (Å²) in [5, 5.41) is 13.3. The summed E-state index contributed by atoms with van der Waals surface area (Å²) in [5.74, 6) is -1.51. The Morgan fingerprint density at radius 2 is 1.89 bits per heavy atom. The predicted octanol–water partition coefficient (Wildman–Crippen LogP) is 0.823. The van der Waals surface area contributed by atoms with Gasteiger partial charge in [-0.1, -0.05) is 17.7 Å². The van der Waals surface area contributed by atoms with Gasteiger partial charge in [-0.3, -0.25) is 35.3 Å². The van der Waals surface area contributed by atoms with Crippen LogP contribution in [-0.4, -0.2) is 33.8 Å². The van der Waals surface area contributed by atoms with Crippen molar-refractivity contribution in [1.29, 1.82) is 0 Å². The molecule has 2 aromatic rings. The molecule has 0 saturated heterocycles. The minimum absolute atomic E-state index is 0.0229. The van der Waals surface area contributed by atoms with Gasteiger partial charge in [0.25, 0.3) is 17.5 Å². The molecule has 0 bridgehead atoms. The Bertz CT molecular complexity index is 890. The molecule has 27 heavy (non-hydrogen) atoms. The van der Waals surface area contributed by atoms with Crippen molar-refractivity contribution in [3.8, 4) is 0 Å². The molecule has 3 N–H and O–H groups in total. The first-order valence-corrected chi connectivity index (χ1v) is 8.02. The van der Waals surface area contributed by atoms with Crippen molar-refractivity contribution in [2.45, 2.75) is 13.3 Å². The molecule has 0 aliphatic rings. The number of hydrogen-bond donors (Lipinski definition) is 3. The van der Waals surface area contributed by atoms with E-state index in [2.05, 4.69) is 16.2 Å². The van der Waals surface area contributed by atoms with Gasteiger partial charge < -0.3 is 9.88 Å². The van der Waals surface area contributed by atoms with E-state index in [1.165, 1.54) is 17.8 Å². The number of hydrazine groups is 1. The van der Waals surface area contributed by atoms with Gasteiger partial charge in [0.2, 0.25) is 5.91 Å². The van der Waals surface area contributed by atoms with Crippen molar-refractivity contribution in [3.05, 3.63) is 63.5 Å². The van der Waals surface area contributed by atoms with Crippen LogP contribution in [0.2, 0.25) is 0 Å². The van der Waals surface area contributed by atoms with E-state index in [0.29, 0.717) is 5.56 Å². The first-order valence-electron chi connectivity index (χ1n) is 8.02. The lowest BCUT2D eigenvalue weighted by Crippen LogP contribution is -2.43. The standard InChI is InChI=1S/C17H19N5O5/c1-11-4-3-5-12(8-11)16(24)18-7-6-15(23)19-20-17(25)14-9-13(22(26)27)10-21(14)2/h3-5,8-10H,6-7H2,1-2H3,(H,18,24)(H,19,23)(H,20,25). The maximum atomic E-state index is 12.0. The fourth-order valence-electron chi connectivity index (χ4n) is 2.30. The molecule has 0 aliphatic heterocycles. The van der Waals surface area contributed by atoms with Crippen LogP contribution in [0.15, 0.2) is 36.5 Å². The molecule has 0 fully saturated rings. The third kappa shape index (κ3) is 5.39. The Morgan fingerprint density at radius 1 is 1.15 bits per heavy atom. The van der Waals surface area contributed by atoms with Crippen LogP contribution in [0.3, 0.4) is 0 Å². The Morgan fingerprint density at radius 3 is 2.52 bits per heavy atom. The number of nitrogens with zero attached hydrogens (tertiary/aromatic N) is 2. The molecule has 0 radical (unpaired) electrons. The van der Waals surface area contributed by atoms with Gasteiger partial charge in [-0.2, -0.15) is 0 Å². The highest BCUT2D eigenvalue weighted by molar-refractivity contribution is 5.95. The first-order chi connectivity index (χ1) is 12.8. The van der Waals surface area contributed by atoms with Crippen molar-refractivity contribution in [3.63, 3.8) is 0 Å². The fraction of sp³-hybridized carbons (Fsp3) is 0.235. The summed E-state index contributed by atoms with van der Waals surface area (Å²) in [6, 6.07) is 8.13. The van der Waals surface area contributed by atoms with Gasteiger partial charge in [0.1, 0.15) is 5.69 Å². The smallest absolute Gasteiger partial charge is 0.287 e. The van der Waals surface area contributed by atoms with Gasteiger partial charge in [0.15, 0.2) is 0 Å². The zero-order chi connectivity index (χ0) is 20.0. The van der Waals surface area contributed by atoms with Gasteiger partial charge >= 0.3 is 0 Å². The van der Waals surface area contributed by atoms with Crippen molar-refractivity contribution in [2.75, 3.05) is 6.54 Å². The highest BCUT2D eigenvalue weighted by Crippen LogP contribution is 2.14. The number of nitro groups is 1. The van der Waals surface area contributed by atoms with Crippen molar-refractivity contribution in [1.82, 2.24) is 20.7 Å². The maximum absolute atomic E-state index is 12.0. The minimum Gasteiger partial charge on any atom is -0.352 e. The highest BCUT2D eigenvalue weighted by Gasteiger charge is 2.18. The van der Waals surface area contributed by atoms with Gasteiger partial charge in [-0.15, -0.1) is 0 Å². The lowest BCUT2D eigenvalue weighted by Gasteiger charge is -2.08. The number of amides is 3. The van der Waals surface area contributed by atoms with Gasteiger partial charge in [0.05, 0.1) is 11.1 Å². The van der Waals surface area contributed by atoms with Crippen LogP contribution in [0.4, 0.5) is 5.69 Å². The second-order valence-corrected chi connectivity index (χ2v) is 5.83. The van der Waals surface area contributed by atoms with Crippen LogP contribution in [0.5, 0.6) is 0 Å². The van der Waals surface area contributed by atoms with E-state index in [-0.39, 0.29) is 30.3 Å². The number of aromatic nitrogens is 1. The average molecular weight is 373 g/mol. The van der Waals surface area contributed by atoms with E-state index in [9.17, 15) is 24.5 Å². The predicted molar refractivity (Wildman–Crippen MR) is 95.8 cm³/mol. The monoisotopic (exact) mass is 373 g/mol. The van der Waals surface area contributed by atoms with Crippen molar-refractivity contribution >= 4 is 23.4 Å². The van der Waals surface area contributed by atoms with Crippen LogP contribution in [0.25, 0.3) is 0 Å². The number of hydrogen-bond acceptors (Lipinski definition) is 5. The molecule has 0 aliphatic carbocycles. The number of nitrogens with one attached hydrogen (secondary N) is 3. The molecule has 2 rings (SSSR count). The summed E-state index contributed by atoms with van der Waals surface area (Å²) < 4.78 is 1.28. The Kier molecular flexibility index (Phi) is 6.26. The SMILES string of the molecule is Cc1cccc(C(=O)NCCC(=O)NNC(=O)c2cc([N+](=O)[O-])cn2C)c1. The molecule has 0 spiro atoms. The first kappa shape index (κ1) is 19.6. The highest BCUT2D eigenvalue weighted by atomic mass is 16.6. The molecule has 0 atom stereocenters. The fourth-order valence-corrected chi connectivity index (χ4v) is 2.30. The second-order valence-electron chi connectivity index (χ2n) is 5.83. The van der Waals surface area contributed by atoms with E-state index in [1.807, 2.05) is 13.0 Å². The Balaban J connectivity index is 1.77. The molecule has 0 unspecified atom stereocenters. The van der Waals surface area contributed by atoms with E-state index < -0.39 is 16.7 Å². The van der Waals surface area contributed by atoms with Crippen LogP contribution in [0.1, 0.15) is 32.8 Å². The normalized spacial score (nSPS) is 10.1. The molecular formula is C17H19N5O5. The Hall–Kier alpha value is -3.69. The topological polar surface area (TPSA) is 135 Å². The van der Waals surface area contributed by atoms with Crippen LogP contribution in [-0.2, 0) is 11.8 Å². The number of carbonyl (C=O) groups excluding carboxylic acids is 3. The van der Waals surface area contributed by atoms with Crippen molar-refractivity contribution < 1.29 is 19.3 Å². The van der Waals surface area contributed by atoms with E-state index in [4.69, 9.17) is 0 Å². The second kappa shape index (κ2) is 8.61. The molecule has 0 saturated carbocycles. The van der Waals surface area contributed by atoms with Gasteiger partial charge in [0, 0.05) is 31.6 Å². The molecular weight excluding hydrogens is 354 g/mol. The number of rotatable bonds is 6. The summed E-state index contributed by atoms with van der Waals surface area (Å²) in [7, 11) is 1.48. The summed E-state index contributed by atoms with van der Waals surface area (Å²) in [6.07, 6.45) is 1.14. The molecule has 3 amide bonds. The maximum Gasteiger partial charge on any atom is 0.287 e. The van der Waals surface area contributed by atoms with E-state index >= 15 is 0 Å². The van der Waals surface area contributed by atoms with E-state index in [1.54, 1.807) is 18.2 Å². The summed E-state index contributed by atoms with van der Waals surface area (Å²) in [6.45, 7) is 1.96. The summed E-state index contributed by atoms with van der Waals surface area (Å²) in [5.41, 5.74) is 5.61. The number of benzene rings is 1. The molecule has 1 aromatic heterocycles. The minimum atomic E-state index is -0.692. The third-order valence-corrected chi connectivity index (χ3v) is 3.67. The van der Waals surface area contributed by atoms with Crippen LogP contribution in [0, 0.1) is 17.0 Å². The zero-order valence-corrected chi connectivity index (χ0v) is 14.8. The largest absolute Gasteiger partial charge is 0.352 e. The molecule has 142 valence electrons. The van der Waals surface area contributed by atoms with Crippen molar-refractivity contribution in [2.24, 2.45) is 7.05 Å². The zero-order valence-electron chi connectivity index (χ0n) is 14.8.